The number of nitrogens with one attached hydrogen (secondary N) is 2. The van der Waals surface area contributed by atoms with E-state index < -0.39 is 0 Å². The van der Waals surface area contributed by atoms with Crippen LogP contribution in [0.15, 0.2) is 121 Å². The first-order chi connectivity index (χ1) is 18.8. The van der Waals surface area contributed by atoms with Gasteiger partial charge in [-0.2, -0.15) is 0 Å². The molecule has 1 aliphatic carbocycles. The molecule has 0 fully saturated rings. The normalized spacial score (nSPS) is 12.2. The molecule has 9 rings (SSSR count). The molecule has 0 amide bonds. The zero-order chi connectivity index (χ0) is 24.8. The van der Waals surface area contributed by atoms with Gasteiger partial charge in [0.05, 0.1) is 11.4 Å². The van der Waals surface area contributed by atoms with Crippen LogP contribution in [0.2, 0.25) is 0 Å². The van der Waals surface area contributed by atoms with Crippen molar-refractivity contribution in [2.24, 2.45) is 0 Å². The molecule has 2 heteroatoms. The zero-order valence-electron chi connectivity index (χ0n) is 20.5. The molecule has 0 spiro atoms. The van der Waals surface area contributed by atoms with Gasteiger partial charge in [0.25, 0.3) is 0 Å². The largest absolute Gasteiger partial charge is 0.354 e. The Bertz CT molecular complexity index is 2080. The molecule has 0 radical (unpaired) electrons. The molecule has 0 aliphatic heterocycles. The number of aromatic nitrogens is 2. The van der Waals surface area contributed by atoms with Crippen LogP contribution in [0.1, 0.15) is 0 Å². The highest BCUT2D eigenvalue weighted by molar-refractivity contribution is 6.18. The third-order valence-electron chi connectivity index (χ3n) is 8.26. The topological polar surface area (TPSA) is 31.6 Å². The summed E-state index contributed by atoms with van der Waals surface area (Å²) in [6.07, 6.45) is 0. The third-order valence-corrected chi connectivity index (χ3v) is 8.26. The summed E-state index contributed by atoms with van der Waals surface area (Å²) in [5, 5.41) is 7.53. The van der Waals surface area contributed by atoms with Crippen LogP contribution in [-0.4, -0.2) is 9.97 Å². The highest BCUT2D eigenvalue weighted by atomic mass is 14.8. The lowest BCUT2D eigenvalue weighted by Crippen LogP contribution is -1.95. The molecule has 6 aromatic carbocycles. The highest BCUT2D eigenvalue weighted by Gasteiger charge is 2.27. The second-order valence-corrected chi connectivity index (χ2v) is 10.3. The molecule has 1 aliphatic rings. The maximum Gasteiger partial charge on any atom is 0.0551 e. The van der Waals surface area contributed by atoms with Gasteiger partial charge in [-0.3, -0.25) is 0 Å². The van der Waals surface area contributed by atoms with Crippen LogP contribution in [0.3, 0.4) is 0 Å². The number of aromatic amines is 2. The minimum absolute atomic E-state index is 1.17. The van der Waals surface area contributed by atoms with Gasteiger partial charge in [0, 0.05) is 44.1 Å². The van der Waals surface area contributed by atoms with Gasteiger partial charge in [-0.25, -0.2) is 0 Å². The molecule has 2 heterocycles. The Morgan fingerprint density at radius 3 is 1.11 bits per heavy atom. The SMILES string of the molecule is c1ccc2c(c1)-c1[nH]c3cc4ccccc4cc3c1-c1ccccc1-c1c-2[nH]c2cc3ccccc3cc12. The fourth-order valence-corrected chi connectivity index (χ4v) is 6.57. The van der Waals surface area contributed by atoms with Crippen molar-refractivity contribution in [3.8, 4) is 44.8 Å². The molecule has 8 aromatic rings. The van der Waals surface area contributed by atoms with Crippen LogP contribution >= 0.6 is 0 Å². The first-order valence-electron chi connectivity index (χ1n) is 13.1. The average molecular weight is 483 g/mol. The Balaban J connectivity index is 1.49. The Kier molecular flexibility index (Phi) is 3.82. The number of rotatable bonds is 0. The molecule has 0 saturated heterocycles. The summed E-state index contributed by atoms with van der Waals surface area (Å²) in [7, 11) is 0. The summed E-state index contributed by atoms with van der Waals surface area (Å²) in [6, 6.07) is 44.3. The molecule has 2 nitrogen and oxygen atoms in total. The third kappa shape index (κ3) is 2.61. The molecule has 0 unspecified atom stereocenters. The van der Waals surface area contributed by atoms with Crippen LogP contribution < -0.4 is 0 Å². The van der Waals surface area contributed by atoms with E-state index in [1.54, 1.807) is 0 Å². The van der Waals surface area contributed by atoms with Gasteiger partial charge < -0.3 is 9.97 Å². The number of hydrogen-bond donors (Lipinski definition) is 2. The molecule has 176 valence electrons. The maximum absolute atomic E-state index is 3.85. The second-order valence-electron chi connectivity index (χ2n) is 10.3. The Hall–Kier alpha value is -5.08. The van der Waals surface area contributed by atoms with Crippen molar-refractivity contribution >= 4 is 43.4 Å². The number of H-pyrrole nitrogens is 2. The molecule has 2 N–H and O–H groups in total. The molecular formula is C36H22N2. The number of fused-ring (bicyclic) bond motifs is 14. The van der Waals surface area contributed by atoms with E-state index in [1.165, 1.54) is 88.1 Å². The molecule has 0 bridgehead atoms. The standard InChI is InChI=1S/C36H22N2/c1-3-11-23-19-31-29(17-21(23)9-1)33-25-13-5-6-14-26(25)34-30-18-22-10-2-4-12-24(22)20-32(30)38-36(34)28-16-8-7-15-27(28)35(33)37-31/h1-20,37-38H. The number of hydrogen-bond acceptors (Lipinski definition) is 0. The molecule has 0 saturated carbocycles. The van der Waals surface area contributed by atoms with Gasteiger partial charge in [-0.15, -0.1) is 0 Å². The van der Waals surface area contributed by atoms with E-state index >= 15 is 0 Å². The molecular weight excluding hydrogens is 460 g/mol. The van der Waals surface area contributed by atoms with E-state index in [0.717, 1.165) is 0 Å². The van der Waals surface area contributed by atoms with Crippen molar-refractivity contribution in [1.82, 2.24) is 9.97 Å². The van der Waals surface area contributed by atoms with Gasteiger partial charge in [0.1, 0.15) is 0 Å². The summed E-state index contributed by atoms with van der Waals surface area (Å²) in [5.41, 5.74) is 12.2. The summed E-state index contributed by atoms with van der Waals surface area (Å²) in [5.74, 6) is 0. The lowest BCUT2D eigenvalue weighted by Gasteiger charge is -2.19. The van der Waals surface area contributed by atoms with E-state index in [2.05, 4.69) is 131 Å². The smallest absolute Gasteiger partial charge is 0.0551 e. The van der Waals surface area contributed by atoms with E-state index in [0.29, 0.717) is 0 Å². The van der Waals surface area contributed by atoms with Crippen molar-refractivity contribution in [1.29, 1.82) is 0 Å². The van der Waals surface area contributed by atoms with Crippen molar-refractivity contribution in [2.75, 3.05) is 0 Å². The van der Waals surface area contributed by atoms with Gasteiger partial charge >= 0.3 is 0 Å². The van der Waals surface area contributed by atoms with Crippen LogP contribution in [0.5, 0.6) is 0 Å². The fourth-order valence-electron chi connectivity index (χ4n) is 6.57. The quantitative estimate of drug-likeness (QED) is 0.215. The second kappa shape index (κ2) is 7.24. The lowest BCUT2D eigenvalue weighted by atomic mass is 9.84. The lowest BCUT2D eigenvalue weighted by molar-refractivity contribution is 1.41. The van der Waals surface area contributed by atoms with Gasteiger partial charge in [0.2, 0.25) is 0 Å². The number of benzene rings is 6. The Morgan fingerprint density at radius 2 is 0.684 bits per heavy atom. The fraction of sp³-hybridized carbons (Fsp3) is 0. The van der Waals surface area contributed by atoms with Gasteiger partial charge in [0.15, 0.2) is 0 Å². The van der Waals surface area contributed by atoms with Crippen molar-refractivity contribution in [3.05, 3.63) is 121 Å². The van der Waals surface area contributed by atoms with Gasteiger partial charge in [-0.05, 0) is 56.9 Å². The summed E-state index contributed by atoms with van der Waals surface area (Å²) in [4.78, 5) is 7.70. The molecule has 0 atom stereocenters. The predicted octanol–water partition coefficient (Wildman–Crippen LogP) is 9.94. The Labute approximate surface area is 219 Å². The van der Waals surface area contributed by atoms with Crippen molar-refractivity contribution in [2.45, 2.75) is 0 Å². The predicted molar refractivity (Wildman–Crippen MR) is 160 cm³/mol. The highest BCUT2D eigenvalue weighted by Crippen LogP contribution is 2.52. The zero-order valence-corrected chi connectivity index (χ0v) is 20.5. The van der Waals surface area contributed by atoms with Gasteiger partial charge in [-0.1, -0.05) is 97.1 Å². The van der Waals surface area contributed by atoms with Crippen LogP contribution in [0, 0.1) is 0 Å². The van der Waals surface area contributed by atoms with Crippen molar-refractivity contribution < 1.29 is 0 Å². The maximum atomic E-state index is 3.85. The van der Waals surface area contributed by atoms with E-state index in [9.17, 15) is 0 Å². The average Bonchev–Trinajstić information content (AvgIpc) is 3.51. The molecule has 2 aromatic heterocycles. The molecule has 38 heavy (non-hydrogen) atoms. The Morgan fingerprint density at radius 1 is 0.342 bits per heavy atom. The van der Waals surface area contributed by atoms with E-state index in [-0.39, 0.29) is 0 Å². The first-order valence-corrected chi connectivity index (χ1v) is 13.1. The summed E-state index contributed by atoms with van der Waals surface area (Å²) >= 11 is 0. The van der Waals surface area contributed by atoms with Crippen LogP contribution in [-0.2, 0) is 0 Å². The van der Waals surface area contributed by atoms with E-state index in [1.807, 2.05) is 0 Å². The summed E-state index contributed by atoms with van der Waals surface area (Å²) < 4.78 is 0. The first kappa shape index (κ1) is 20.0. The monoisotopic (exact) mass is 482 g/mol. The van der Waals surface area contributed by atoms with Crippen LogP contribution in [0.25, 0.3) is 88.1 Å². The van der Waals surface area contributed by atoms with Crippen molar-refractivity contribution in [3.63, 3.8) is 0 Å². The van der Waals surface area contributed by atoms with E-state index in [4.69, 9.17) is 0 Å². The summed E-state index contributed by atoms with van der Waals surface area (Å²) in [6.45, 7) is 0. The minimum Gasteiger partial charge on any atom is -0.354 e. The minimum atomic E-state index is 1.17. The van der Waals surface area contributed by atoms with Crippen LogP contribution in [0.4, 0.5) is 0 Å².